The summed E-state index contributed by atoms with van der Waals surface area (Å²) < 4.78 is 5.38. The third kappa shape index (κ3) is 3.01. The molecule has 0 amide bonds. The van der Waals surface area contributed by atoms with Gasteiger partial charge in [-0.05, 0) is 11.6 Å². The van der Waals surface area contributed by atoms with Crippen molar-refractivity contribution in [2.24, 2.45) is 0 Å². The largest absolute Gasteiger partial charge is 0.496 e. The van der Waals surface area contributed by atoms with E-state index in [9.17, 15) is 0 Å². The Hall–Kier alpha value is -2.02. The third-order valence-electron chi connectivity index (χ3n) is 3.01. The molecule has 18 heavy (non-hydrogen) atoms. The predicted molar refractivity (Wildman–Crippen MR) is 76.9 cm³/mol. The minimum Gasteiger partial charge on any atom is -0.496 e. The highest BCUT2D eigenvalue weighted by molar-refractivity contribution is 5.51. The molecule has 0 fully saturated rings. The summed E-state index contributed by atoms with van der Waals surface area (Å²) in [5.74, 6) is 1.28. The zero-order chi connectivity index (χ0) is 12.8. The van der Waals surface area contributed by atoms with Crippen LogP contribution in [0.15, 0.2) is 60.7 Å². The van der Waals surface area contributed by atoms with Crippen molar-refractivity contribution in [3.63, 3.8) is 0 Å². The van der Waals surface area contributed by atoms with Crippen LogP contribution in [0.3, 0.4) is 0 Å². The number of rotatable bonds is 4. The van der Waals surface area contributed by atoms with Crippen molar-refractivity contribution in [2.75, 3.05) is 7.11 Å². The maximum atomic E-state index is 5.38. The number of para-hydroxylation sites is 1. The van der Waals surface area contributed by atoms with E-state index in [0.717, 1.165) is 5.75 Å². The SMILES string of the molecule is COc1ccccc1C(C)/C=C/c1ccccc1. The molecule has 0 heterocycles. The standard InChI is InChI=1S/C17H18O/c1-14(12-13-15-8-4-3-5-9-15)16-10-6-7-11-17(16)18-2/h3-14H,1-2H3/b13-12+. The van der Waals surface area contributed by atoms with E-state index in [1.807, 2.05) is 36.4 Å². The van der Waals surface area contributed by atoms with Crippen molar-refractivity contribution in [2.45, 2.75) is 12.8 Å². The van der Waals surface area contributed by atoms with Gasteiger partial charge in [0.2, 0.25) is 0 Å². The van der Waals surface area contributed by atoms with Gasteiger partial charge < -0.3 is 4.74 Å². The summed E-state index contributed by atoms with van der Waals surface area (Å²) in [5, 5.41) is 0. The third-order valence-corrected chi connectivity index (χ3v) is 3.01. The van der Waals surface area contributed by atoms with Gasteiger partial charge in [-0.2, -0.15) is 0 Å². The van der Waals surface area contributed by atoms with Crippen LogP contribution < -0.4 is 4.74 Å². The van der Waals surface area contributed by atoms with Crippen LogP contribution in [0.4, 0.5) is 0 Å². The van der Waals surface area contributed by atoms with E-state index in [4.69, 9.17) is 4.74 Å². The summed E-state index contributed by atoms with van der Waals surface area (Å²) >= 11 is 0. The molecule has 1 heteroatoms. The highest BCUT2D eigenvalue weighted by Crippen LogP contribution is 2.27. The lowest BCUT2D eigenvalue weighted by atomic mass is 9.99. The fourth-order valence-corrected chi connectivity index (χ4v) is 1.97. The summed E-state index contributed by atoms with van der Waals surface area (Å²) in [6.45, 7) is 2.18. The first-order chi connectivity index (χ1) is 8.81. The lowest BCUT2D eigenvalue weighted by Gasteiger charge is -2.11. The number of methoxy groups -OCH3 is 1. The van der Waals surface area contributed by atoms with Gasteiger partial charge in [-0.3, -0.25) is 0 Å². The smallest absolute Gasteiger partial charge is 0.122 e. The van der Waals surface area contributed by atoms with Gasteiger partial charge in [0.25, 0.3) is 0 Å². The Bertz CT molecular complexity index is 514. The number of ether oxygens (including phenoxy) is 1. The lowest BCUT2D eigenvalue weighted by molar-refractivity contribution is 0.409. The Balaban J connectivity index is 2.17. The molecule has 2 aromatic carbocycles. The Morgan fingerprint density at radius 1 is 0.944 bits per heavy atom. The van der Waals surface area contributed by atoms with E-state index in [1.165, 1.54) is 11.1 Å². The summed E-state index contributed by atoms with van der Waals surface area (Å²) in [7, 11) is 1.71. The first-order valence-electron chi connectivity index (χ1n) is 6.17. The second-order valence-corrected chi connectivity index (χ2v) is 4.30. The summed E-state index contributed by atoms with van der Waals surface area (Å²) in [6.07, 6.45) is 4.35. The Labute approximate surface area is 109 Å². The molecule has 0 spiro atoms. The van der Waals surface area contributed by atoms with Gasteiger partial charge in [0.15, 0.2) is 0 Å². The lowest BCUT2D eigenvalue weighted by Crippen LogP contribution is -1.94. The van der Waals surface area contributed by atoms with Crippen LogP contribution in [0.2, 0.25) is 0 Å². The monoisotopic (exact) mass is 238 g/mol. The second kappa shape index (κ2) is 6.06. The fourth-order valence-electron chi connectivity index (χ4n) is 1.97. The zero-order valence-corrected chi connectivity index (χ0v) is 10.8. The van der Waals surface area contributed by atoms with Crippen LogP contribution in [-0.4, -0.2) is 7.11 Å². The minimum atomic E-state index is 0.335. The Morgan fingerprint density at radius 3 is 2.33 bits per heavy atom. The number of benzene rings is 2. The molecule has 2 rings (SSSR count). The fraction of sp³-hybridized carbons (Fsp3) is 0.176. The number of hydrogen-bond donors (Lipinski definition) is 0. The maximum absolute atomic E-state index is 5.38. The van der Waals surface area contributed by atoms with Crippen molar-refractivity contribution in [1.29, 1.82) is 0 Å². The summed E-state index contributed by atoms with van der Waals surface area (Å²) in [4.78, 5) is 0. The highest BCUT2D eigenvalue weighted by atomic mass is 16.5. The van der Waals surface area contributed by atoms with E-state index < -0.39 is 0 Å². The Morgan fingerprint density at radius 2 is 1.61 bits per heavy atom. The molecule has 1 atom stereocenters. The van der Waals surface area contributed by atoms with Gasteiger partial charge in [-0.1, -0.05) is 67.6 Å². The maximum Gasteiger partial charge on any atom is 0.122 e. The van der Waals surface area contributed by atoms with Gasteiger partial charge in [-0.15, -0.1) is 0 Å². The highest BCUT2D eigenvalue weighted by Gasteiger charge is 2.07. The molecule has 0 saturated heterocycles. The summed E-state index contributed by atoms with van der Waals surface area (Å²) in [6, 6.07) is 18.5. The molecule has 0 aliphatic rings. The number of allylic oxidation sites excluding steroid dienone is 1. The molecule has 0 radical (unpaired) electrons. The molecular weight excluding hydrogens is 220 g/mol. The van der Waals surface area contributed by atoms with E-state index >= 15 is 0 Å². The molecule has 0 aliphatic carbocycles. The minimum absolute atomic E-state index is 0.335. The van der Waals surface area contributed by atoms with Crippen molar-refractivity contribution in [3.05, 3.63) is 71.8 Å². The van der Waals surface area contributed by atoms with Crippen molar-refractivity contribution in [3.8, 4) is 5.75 Å². The van der Waals surface area contributed by atoms with Crippen molar-refractivity contribution < 1.29 is 4.74 Å². The van der Waals surface area contributed by atoms with Crippen LogP contribution in [0.1, 0.15) is 24.0 Å². The van der Waals surface area contributed by atoms with Gasteiger partial charge in [0, 0.05) is 11.5 Å². The molecule has 0 bridgehead atoms. The predicted octanol–water partition coefficient (Wildman–Crippen LogP) is 4.51. The molecule has 0 saturated carbocycles. The average Bonchev–Trinajstić information content (AvgIpc) is 2.45. The van der Waals surface area contributed by atoms with Gasteiger partial charge >= 0.3 is 0 Å². The molecule has 0 aliphatic heterocycles. The molecule has 0 aromatic heterocycles. The molecule has 92 valence electrons. The normalized spacial score (nSPS) is 12.6. The van der Waals surface area contributed by atoms with E-state index in [0.29, 0.717) is 5.92 Å². The average molecular weight is 238 g/mol. The van der Waals surface area contributed by atoms with Crippen LogP contribution in [0.25, 0.3) is 6.08 Å². The number of hydrogen-bond acceptors (Lipinski definition) is 1. The molecular formula is C17H18O. The van der Waals surface area contributed by atoms with E-state index in [1.54, 1.807) is 7.11 Å². The second-order valence-electron chi connectivity index (χ2n) is 4.30. The topological polar surface area (TPSA) is 9.23 Å². The van der Waals surface area contributed by atoms with Crippen LogP contribution in [0, 0.1) is 0 Å². The van der Waals surface area contributed by atoms with Crippen molar-refractivity contribution in [1.82, 2.24) is 0 Å². The Kier molecular flexibility index (Phi) is 4.19. The van der Waals surface area contributed by atoms with Crippen LogP contribution in [0.5, 0.6) is 5.75 Å². The van der Waals surface area contributed by atoms with Gasteiger partial charge in [0.1, 0.15) is 5.75 Å². The van der Waals surface area contributed by atoms with Crippen LogP contribution in [-0.2, 0) is 0 Å². The molecule has 0 N–H and O–H groups in total. The zero-order valence-electron chi connectivity index (χ0n) is 10.8. The van der Waals surface area contributed by atoms with E-state index in [-0.39, 0.29) is 0 Å². The summed E-state index contributed by atoms with van der Waals surface area (Å²) in [5.41, 5.74) is 2.44. The molecule has 1 nitrogen and oxygen atoms in total. The van der Waals surface area contributed by atoms with Crippen molar-refractivity contribution >= 4 is 6.08 Å². The van der Waals surface area contributed by atoms with Gasteiger partial charge in [-0.25, -0.2) is 0 Å². The first kappa shape index (κ1) is 12.4. The van der Waals surface area contributed by atoms with Crippen LogP contribution >= 0.6 is 0 Å². The van der Waals surface area contributed by atoms with E-state index in [2.05, 4.69) is 37.3 Å². The molecule has 2 aromatic rings. The van der Waals surface area contributed by atoms with Gasteiger partial charge in [0.05, 0.1) is 7.11 Å². The quantitative estimate of drug-likeness (QED) is 0.761. The molecule has 1 unspecified atom stereocenters. The first-order valence-corrected chi connectivity index (χ1v) is 6.17.